The van der Waals surface area contributed by atoms with Crippen LogP contribution in [-0.4, -0.2) is 33.8 Å². The summed E-state index contributed by atoms with van der Waals surface area (Å²) in [6.45, 7) is 2.16. The van der Waals surface area contributed by atoms with Gasteiger partial charge in [-0.3, -0.25) is 4.79 Å². The van der Waals surface area contributed by atoms with Gasteiger partial charge in [-0.15, -0.1) is 11.8 Å². The molecular formula is C10H20O3S. The molecule has 4 heteroatoms. The van der Waals surface area contributed by atoms with E-state index in [0.717, 1.165) is 31.4 Å². The first-order valence-corrected chi connectivity index (χ1v) is 6.22. The Morgan fingerprint density at radius 2 is 1.93 bits per heavy atom. The van der Waals surface area contributed by atoms with Gasteiger partial charge in [-0.1, -0.05) is 19.8 Å². The number of aliphatic hydroxyl groups is 1. The average molecular weight is 220 g/mol. The Bertz CT molecular complexity index is 150. The second-order valence-corrected chi connectivity index (χ2v) is 4.55. The second kappa shape index (κ2) is 9.34. The molecule has 0 aliphatic heterocycles. The molecule has 3 nitrogen and oxygen atoms in total. The lowest BCUT2D eigenvalue weighted by Gasteiger charge is -2.08. The molecule has 0 aromatic heterocycles. The average Bonchev–Trinajstić information content (AvgIpc) is 2.16. The first-order chi connectivity index (χ1) is 6.72. The summed E-state index contributed by atoms with van der Waals surface area (Å²) in [4.78, 5) is 10.6. The van der Waals surface area contributed by atoms with E-state index in [2.05, 4.69) is 0 Å². The molecule has 0 saturated carbocycles. The zero-order valence-electron chi connectivity index (χ0n) is 8.74. The van der Waals surface area contributed by atoms with Crippen molar-refractivity contribution in [1.82, 2.24) is 0 Å². The molecule has 0 aromatic rings. The highest BCUT2D eigenvalue weighted by Crippen LogP contribution is 2.17. The van der Waals surface area contributed by atoms with Crippen LogP contribution in [0.2, 0.25) is 0 Å². The van der Waals surface area contributed by atoms with Crippen molar-refractivity contribution in [2.45, 2.75) is 44.3 Å². The van der Waals surface area contributed by atoms with Crippen molar-refractivity contribution in [3.05, 3.63) is 0 Å². The van der Waals surface area contributed by atoms with Crippen molar-refractivity contribution in [2.24, 2.45) is 0 Å². The van der Waals surface area contributed by atoms with Crippen molar-refractivity contribution < 1.29 is 15.0 Å². The summed E-state index contributed by atoms with van der Waals surface area (Å²) in [6.07, 6.45) is 4.73. The summed E-state index contributed by atoms with van der Waals surface area (Å²) in [5, 5.41) is 17.1. The van der Waals surface area contributed by atoms with E-state index >= 15 is 0 Å². The Labute approximate surface area is 89.9 Å². The quantitative estimate of drug-likeness (QED) is 0.584. The fraction of sp³-hybridized carbons (Fsp3) is 0.900. The van der Waals surface area contributed by atoms with Crippen LogP contribution in [0.3, 0.4) is 0 Å². The van der Waals surface area contributed by atoms with E-state index < -0.39 is 5.97 Å². The highest BCUT2D eigenvalue weighted by atomic mass is 32.2. The van der Waals surface area contributed by atoms with Gasteiger partial charge >= 0.3 is 5.97 Å². The van der Waals surface area contributed by atoms with Gasteiger partial charge in [-0.25, -0.2) is 0 Å². The number of hydrogen-bond acceptors (Lipinski definition) is 3. The molecule has 14 heavy (non-hydrogen) atoms. The van der Waals surface area contributed by atoms with Crippen LogP contribution in [0.5, 0.6) is 0 Å². The minimum Gasteiger partial charge on any atom is -0.480 e. The Kier molecular flexibility index (Phi) is 9.19. The van der Waals surface area contributed by atoms with Crippen LogP contribution in [-0.2, 0) is 4.79 Å². The van der Waals surface area contributed by atoms with Gasteiger partial charge in [0.2, 0.25) is 0 Å². The van der Waals surface area contributed by atoms with E-state index in [0.29, 0.717) is 6.42 Å². The van der Waals surface area contributed by atoms with Crippen molar-refractivity contribution in [2.75, 3.05) is 12.4 Å². The Balaban J connectivity index is 3.29. The maximum absolute atomic E-state index is 10.6. The number of hydrogen-bond donors (Lipinski definition) is 2. The highest BCUT2D eigenvalue weighted by Gasteiger charge is 2.14. The number of aliphatic hydroxyl groups excluding tert-OH is 1. The van der Waals surface area contributed by atoms with Crippen molar-refractivity contribution >= 4 is 17.7 Å². The van der Waals surface area contributed by atoms with E-state index in [9.17, 15) is 4.79 Å². The van der Waals surface area contributed by atoms with E-state index in [-0.39, 0.29) is 11.9 Å². The summed E-state index contributed by atoms with van der Waals surface area (Å²) in [7, 11) is 0. The lowest BCUT2D eigenvalue weighted by molar-refractivity contribution is -0.136. The molecule has 0 heterocycles. The normalized spacial score (nSPS) is 12.7. The number of rotatable bonds is 9. The van der Waals surface area contributed by atoms with E-state index in [1.807, 2.05) is 6.92 Å². The first kappa shape index (κ1) is 13.8. The van der Waals surface area contributed by atoms with Gasteiger partial charge in [0, 0.05) is 6.61 Å². The molecular weight excluding hydrogens is 200 g/mol. The Morgan fingerprint density at radius 3 is 2.43 bits per heavy atom. The highest BCUT2D eigenvalue weighted by molar-refractivity contribution is 8.00. The maximum Gasteiger partial charge on any atom is 0.316 e. The van der Waals surface area contributed by atoms with Gasteiger partial charge in [-0.05, 0) is 25.0 Å². The first-order valence-electron chi connectivity index (χ1n) is 5.17. The molecule has 0 aliphatic rings. The molecule has 0 radical (unpaired) electrons. The molecule has 0 fully saturated rings. The standard InChI is InChI=1S/C10H20O3S/c1-2-9(10(12)13)14-8-6-4-3-5-7-11/h9,11H,2-8H2,1H3,(H,12,13). The van der Waals surface area contributed by atoms with E-state index in [1.54, 1.807) is 0 Å². The minimum atomic E-state index is -0.701. The topological polar surface area (TPSA) is 57.5 Å². The van der Waals surface area contributed by atoms with Crippen LogP contribution in [0.25, 0.3) is 0 Å². The summed E-state index contributed by atoms with van der Waals surface area (Å²) < 4.78 is 0. The number of carboxylic acid groups (broad SMARTS) is 1. The van der Waals surface area contributed by atoms with Gasteiger partial charge in [0.05, 0.1) is 0 Å². The van der Waals surface area contributed by atoms with Crippen LogP contribution in [0, 0.1) is 0 Å². The third kappa shape index (κ3) is 7.21. The zero-order valence-corrected chi connectivity index (χ0v) is 9.55. The molecule has 0 amide bonds. The van der Waals surface area contributed by atoms with Crippen LogP contribution in [0.4, 0.5) is 0 Å². The number of aliphatic carboxylic acids is 1. The third-order valence-corrected chi connectivity index (χ3v) is 3.48. The summed E-state index contributed by atoms with van der Waals surface area (Å²) in [6, 6.07) is 0. The van der Waals surface area contributed by atoms with Crippen LogP contribution in [0.15, 0.2) is 0 Å². The van der Waals surface area contributed by atoms with E-state index in [4.69, 9.17) is 10.2 Å². The second-order valence-electron chi connectivity index (χ2n) is 3.24. The zero-order chi connectivity index (χ0) is 10.8. The molecule has 1 atom stereocenters. The predicted octanol–water partition coefficient (Wildman–Crippen LogP) is 2.14. The van der Waals surface area contributed by atoms with Crippen LogP contribution in [0.1, 0.15) is 39.0 Å². The Morgan fingerprint density at radius 1 is 1.29 bits per heavy atom. The van der Waals surface area contributed by atoms with Gasteiger partial charge in [0.15, 0.2) is 0 Å². The molecule has 0 bridgehead atoms. The monoisotopic (exact) mass is 220 g/mol. The number of unbranched alkanes of at least 4 members (excludes halogenated alkanes) is 3. The number of thioether (sulfide) groups is 1. The fourth-order valence-electron chi connectivity index (χ4n) is 1.16. The van der Waals surface area contributed by atoms with Crippen LogP contribution < -0.4 is 0 Å². The van der Waals surface area contributed by atoms with Crippen molar-refractivity contribution in [1.29, 1.82) is 0 Å². The number of carbonyl (C=O) groups is 1. The lowest BCUT2D eigenvalue weighted by Crippen LogP contribution is -2.15. The molecule has 0 rings (SSSR count). The SMILES string of the molecule is CCC(SCCCCCCO)C(=O)O. The minimum absolute atomic E-state index is 0.243. The lowest BCUT2D eigenvalue weighted by atomic mass is 10.2. The van der Waals surface area contributed by atoms with Gasteiger partial charge in [-0.2, -0.15) is 0 Å². The summed E-state index contributed by atoms with van der Waals surface area (Å²) in [5.74, 6) is 0.212. The molecule has 0 saturated heterocycles. The maximum atomic E-state index is 10.6. The third-order valence-electron chi connectivity index (χ3n) is 2.02. The molecule has 1 unspecified atom stereocenters. The molecule has 0 aromatic carbocycles. The van der Waals surface area contributed by atoms with E-state index in [1.165, 1.54) is 11.8 Å². The van der Waals surface area contributed by atoms with Crippen molar-refractivity contribution in [3.63, 3.8) is 0 Å². The smallest absolute Gasteiger partial charge is 0.316 e. The fourth-order valence-corrected chi connectivity index (χ4v) is 2.19. The summed E-state index contributed by atoms with van der Waals surface area (Å²) in [5.41, 5.74) is 0. The van der Waals surface area contributed by atoms with Crippen molar-refractivity contribution in [3.8, 4) is 0 Å². The largest absolute Gasteiger partial charge is 0.480 e. The van der Waals surface area contributed by atoms with Gasteiger partial charge < -0.3 is 10.2 Å². The molecule has 0 spiro atoms. The molecule has 0 aliphatic carbocycles. The predicted molar refractivity (Wildman–Crippen MR) is 59.7 cm³/mol. The van der Waals surface area contributed by atoms with Crippen LogP contribution >= 0.6 is 11.8 Å². The Hall–Kier alpha value is -0.220. The summed E-state index contributed by atoms with van der Waals surface area (Å²) >= 11 is 1.53. The number of carboxylic acids is 1. The van der Waals surface area contributed by atoms with Gasteiger partial charge in [0.25, 0.3) is 0 Å². The van der Waals surface area contributed by atoms with Gasteiger partial charge in [0.1, 0.15) is 5.25 Å². The molecule has 84 valence electrons. The molecule has 2 N–H and O–H groups in total.